The molecule has 0 unspecified atom stereocenters. The lowest BCUT2D eigenvalue weighted by molar-refractivity contribution is 0.0974. The van der Waals surface area contributed by atoms with Crippen molar-refractivity contribution in [3.63, 3.8) is 0 Å². The first-order chi connectivity index (χ1) is 7.20. The number of ketones is 1. The van der Waals surface area contributed by atoms with E-state index < -0.39 is 5.82 Å². The van der Waals surface area contributed by atoms with Crippen molar-refractivity contribution in [2.75, 3.05) is 0 Å². The molecule has 0 saturated heterocycles. The summed E-state index contributed by atoms with van der Waals surface area (Å²) in [6.45, 7) is 0. The Morgan fingerprint density at radius 2 is 2.20 bits per heavy atom. The number of Topliss-reactive ketones (excluding diaryl/α,β-unsaturated/α-hetero) is 1. The van der Waals surface area contributed by atoms with Gasteiger partial charge in [-0.3, -0.25) is 9.59 Å². The number of hydrogen-bond donors (Lipinski definition) is 0. The van der Waals surface area contributed by atoms with E-state index in [1.807, 2.05) is 0 Å². The van der Waals surface area contributed by atoms with Crippen molar-refractivity contribution in [1.29, 1.82) is 0 Å². The SMILES string of the molecule is O=Cc1ccc(C(=O)CC2CC2)cc1F. The van der Waals surface area contributed by atoms with E-state index in [0.717, 1.165) is 18.9 Å². The molecule has 1 aliphatic carbocycles. The summed E-state index contributed by atoms with van der Waals surface area (Å²) in [5.41, 5.74) is 0.364. The van der Waals surface area contributed by atoms with Gasteiger partial charge in [-0.1, -0.05) is 6.07 Å². The summed E-state index contributed by atoms with van der Waals surface area (Å²) in [4.78, 5) is 22.0. The molecule has 0 aromatic heterocycles. The van der Waals surface area contributed by atoms with Crippen LogP contribution >= 0.6 is 0 Å². The largest absolute Gasteiger partial charge is 0.298 e. The van der Waals surface area contributed by atoms with Crippen molar-refractivity contribution >= 4 is 12.1 Å². The van der Waals surface area contributed by atoms with E-state index in [9.17, 15) is 14.0 Å². The van der Waals surface area contributed by atoms with Crippen LogP contribution in [0.4, 0.5) is 4.39 Å². The predicted octanol–water partition coefficient (Wildman–Crippen LogP) is 2.62. The fourth-order valence-corrected chi connectivity index (χ4v) is 1.50. The highest BCUT2D eigenvalue weighted by atomic mass is 19.1. The number of carbonyl (C=O) groups excluding carboxylic acids is 2. The predicted molar refractivity (Wildman–Crippen MR) is 53.5 cm³/mol. The lowest BCUT2D eigenvalue weighted by atomic mass is 10.0. The Morgan fingerprint density at radius 1 is 1.47 bits per heavy atom. The minimum atomic E-state index is -0.619. The van der Waals surface area contributed by atoms with Crippen LogP contribution in [0.1, 0.15) is 40.0 Å². The summed E-state index contributed by atoms with van der Waals surface area (Å²) in [7, 11) is 0. The molecule has 0 amide bonds. The standard InChI is InChI=1S/C12H11FO2/c13-11-6-9(3-4-10(11)7-14)12(15)5-8-1-2-8/h3-4,6-8H,1-2,5H2. The van der Waals surface area contributed by atoms with Gasteiger partial charge >= 0.3 is 0 Å². The number of hydrogen-bond acceptors (Lipinski definition) is 2. The number of rotatable bonds is 4. The number of aldehydes is 1. The zero-order valence-corrected chi connectivity index (χ0v) is 8.20. The van der Waals surface area contributed by atoms with Gasteiger partial charge in [0.05, 0.1) is 5.56 Å². The summed E-state index contributed by atoms with van der Waals surface area (Å²) in [5, 5.41) is 0. The smallest absolute Gasteiger partial charge is 0.163 e. The van der Waals surface area contributed by atoms with E-state index in [1.165, 1.54) is 12.1 Å². The molecule has 1 aromatic carbocycles. The normalized spacial score (nSPS) is 15.0. The average Bonchev–Trinajstić information content (AvgIpc) is 3.01. The molecule has 0 bridgehead atoms. The monoisotopic (exact) mass is 206 g/mol. The van der Waals surface area contributed by atoms with Crippen molar-refractivity contribution < 1.29 is 14.0 Å². The quantitative estimate of drug-likeness (QED) is 0.560. The molecule has 2 rings (SSSR count). The highest BCUT2D eigenvalue weighted by Crippen LogP contribution is 2.33. The Kier molecular flexibility index (Phi) is 2.62. The van der Waals surface area contributed by atoms with Crippen LogP contribution in [0, 0.1) is 11.7 Å². The van der Waals surface area contributed by atoms with Gasteiger partial charge in [0.1, 0.15) is 5.82 Å². The third-order valence-corrected chi connectivity index (χ3v) is 2.62. The zero-order chi connectivity index (χ0) is 10.8. The van der Waals surface area contributed by atoms with Crippen LogP contribution < -0.4 is 0 Å². The van der Waals surface area contributed by atoms with E-state index >= 15 is 0 Å². The molecule has 0 atom stereocenters. The van der Waals surface area contributed by atoms with Gasteiger partial charge in [-0.05, 0) is 30.9 Å². The Balaban J connectivity index is 2.16. The van der Waals surface area contributed by atoms with E-state index in [-0.39, 0.29) is 11.3 Å². The maximum absolute atomic E-state index is 13.2. The van der Waals surface area contributed by atoms with Crippen molar-refractivity contribution in [3.8, 4) is 0 Å². The van der Waals surface area contributed by atoms with Gasteiger partial charge in [-0.2, -0.15) is 0 Å². The number of benzene rings is 1. The van der Waals surface area contributed by atoms with Crippen LogP contribution in [0.15, 0.2) is 18.2 Å². The molecule has 0 spiro atoms. The Morgan fingerprint density at radius 3 is 2.73 bits per heavy atom. The van der Waals surface area contributed by atoms with Crippen molar-refractivity contribution in [1.82, 2.24) is 0 Å². The number of carbonyl (C=O) groups is 2. The fourth-order valence-electron chi connectivity index (χ4n) is 1.50. The lowest BCUT2D eigenvalue weighted by Crippen LogP contribution is -2.01. The molecule has 15 heavy (non-hydrogen) atoms. The third-order valence-electron chi connectivity index (χ3n) is 2.62. The first-order valence-electron chi connectivity index (χ1n) is 4.98. The highest BCUT2D eigenvalue weighted by molar-refractivity contribution is 5.97. The van der Waals surface area contributed by atoms with E-state index in [1.54, 1.807) is 0 Å². The minimum absolute atomic E-state index is 0.00188. The number of halogens is 1. The third kappa shape index (κ3) is 2.29. The van der Waals surface area contributed by atoms with E-state index in [0.29, 0.717) is 24.2 Å². The van der Waals surface area contributed by atoms with Gasteiger partial charge in [0.2, 0.25) is 0 Å². The summed E-state index contributed by atoms with van der Waals surface area (Å²) in [5.74, 6) is -0.160. The molecule has 3 heteroatoms. The molecular formula is C12H11FO2. The van der Waals surface area contributed by atoms with Crippen molar-refractivity contribution in [2.24, 2.45) is 5.92 Å². The van der Waals surface area contributed by atoms with Crippen molar-refractivity contribution in [2.45, 2.75) is 19.3 Å². The van der Waals surface area contributed by atoms with Gasteiger partial charge in [0.25, 0.3) is 0 Å². The van der Waals surface area contributed by atoms with Gasteiger partial charge < -0.3 is 0 Å². The van der Waals surface area contributed by atoms with Crippen LogP contribution in [0.2, 0.25) is 0 Å². The minimum Gasteiger partial charge on any atom is -0.298 e. The fraction of sp³-hybridized carbons (Fsp3) is 0.333. The maximum atomic E-state index is 13.2. The van der Waals surface area contributed by atoms with Gasteiger partial charge in [-0.15, -0.1) is 0 Å². The van der Waals surface area contributed by atoms with Crippen molar-refractivity contribution in [3.05, 3.63) is 35.1 Å². The van der Waals surface area contributed by atoms with Crippen LogP contribution in [-0.2, 0) is 0 Å². The zero-order valence-electron chi connectivity index (χ0n) is 8.20. The Bertz CT molecular complexity index is 408. The van der Waals surface area contributed by atoms with Gasteiger partial charge in [0.15, 0.2) is 12.1 Å². The molecule has 0 heterocycles. The molecule has 1 saturated carbocycles. The maximum Gasteiger partial charge on any atom is 0.163 e. The summed E-state index contributed by atoms with van der Waals surface area (Å²) in [6.07, 6.45) is 3.14. The topological polar surface area (TPSA) is 34.1 Å². The first kappa shape index (κ1) is 10.0. The van der Waals surface area contributed by atoms with Gasteiger partial charge in [-0.25, -0.2) is 4.39 Å². The summed E-state index contributed by atoms with van der Waals surface area (Å²) >= 11 is 0. The molecule has 2 nitrogen and oxygen atoms in total. The molecule has 1 aromatic rings. The molecule has 0 N–H and O–H groups in total. The Labute approximate surface area is 87.1 Å². The molecule has 78 valence electrons. The average molecular weight is 206 g/mol. The second-order valence-electron chi connectivity index (χ2n) is 3.92. The van der Waals surface area contributed by atoms with E-state index in [2.05, 4.69) is 0 Å². The molecule has 0 radical (unpaired) electrons. The van der Waals surface area contributed by atoms with Crippen LogP contribution in [0.3, 0.4) is 0 Å². The van der Waals surface area contributed by atoms with Crippen LogP contribution in [0.25, 0.3) is 0 Å². The van der Waals surface area contributed by atoms with Crippen LogP contribution in [0.5, 0.6) is 0 Å². The van der Waals surface area contributed by atoms with E-state index in [4.69, 9.17) is 0 Å². The molecule has 1 aliphatic rings. The molecular weight excluding hydrogens is 195 g/mol. The first-order valence-corrected chi connectivity index (χ1v) is 4.98. The van der Waals surface area contributed by atoms with Gasteiger partial charge in [0, 0.05) is 12.0 Å². The second-order valence-corrected chi connectivity index (χ2v) is 3.92. The molecule has 0 aliphatic heterocycles. The van der Waals surface area contributed by atoms with Crippen LogP contribution in [-0.4, -0.2) is 12.1 Å². The highest BCUT2D eigenvalue weighted by Gasteiger charge is 2.25. The second kappa shape index (κ2) is 3.93. The summed E-state index contributed by atoms with van der Waals surface area (Å²) < 4.78 is 13.2. The Hall–Kier alpha value is -1.51. The molecule has 1 fully saturated rings. The summed E-state index contributed by atoms with van der Waals surface area (Å²) in [6, 6.07) is 4.01. The lowest BCUT2D eigenvalue weighted by Gasteiger charge is -2.01.